The molecule has 0 aliphatic rings. The van der Waals surface area contributed by atoms with Gasteiger partial charge in [0.25, 0.3) is 0 Å². The third-order valence-electron chi connectivity index (χ3n) is 2.88. The van der Waals surface area contributed by atoms with Crippen LogP contribution in [0.2, 0.25) is 0 Å². The lowest BCUT2D eigenvalue weighted by Gasteiger charge is -2.11. The number of aromatic amines is 1. The monoisotopic (exact) mass is 309 g/mol. The van der Waals surface area contributed by atoms with Crippen molar-refractivity contribution in [2.45, 2.75) is 25.0 Å². The highest BCUT2D eigenvalue weighted by atomic mass is 32.2. The van der Waals surface area contributed by atoms with Crippen LogP contribution in [0.3, 0.4) is 0 Å². The van der Waals surface area contributed by atoms with Gasteiger partial charge < -0.3 is 20.1 Å². The fourth-order valence-electron chi connectivity index (χ4n) is 1.92. The number of hydrogen-bond donors (Lipinski definition) is 3. The number of carboxylic acids is 1. The molecule has 1 aromatic heterocycles. The molecule has 114 valence electrons. The van der Waals surface area contributed by atoms with Crippen LogP contribution < -0.4 is 10.1 Å². The minimum Gasteiger partial charge on any atom is -0.494 e. The Morgan fingerprint density at radius 2 is 2.33 bits per heavy atom. The maximum absolute atomic E-state index is 11.1. The Balaban J connectivity index is 2.06. The Labute approximate surface area is 127 Å². The highest BCUT2D eigenvalue weighted by Crippen LogP contribution is 2.23. The molecule has 1 unspecified atom stereocenters. The number of nitrogens with one attached hydrogen (secondary N) is 2. The average molecular weight is 309 g/mol. The number of rotatable bonds is 8. The molecule has 0 saturated heterocycles. The minimum absolute atomic E-state index is 0.418. The highest BCUT2D eigenvalue weighted by molar-refractivity contribution is 7.99. The Kier molecular flexibility index (Phi) is 5.46. The van der Waals surface area contributed by atoms with E-state index in [1.807, 2.05) is 32.0 Å². The van der Waals surface area contributed by atoms with Gasteiger partial charge in [-0.3, -0.25) is 4.79 Å². The van der Waals surface area contributed by atoms with Crippen molar-refractivity contribution in [2.75, 3.05) is 18.9 Å². The van der Waals surface area contributed by atoms with Crippen molar-refractivity contribution in [3.05, 3.63) is 18.2 Å². The lowest BCUT2D eigenvalue weighted by Crippen LogP contribution is -2.38. The van der Waals surface area contributed by atoms with E-state index in [0.29, 0.717) is 24.1 Å². The molecule has 1 aromatic carbocycles. The molecular formula is C14H19N3O3S. The summed E-state index contributed by atoms with van der Waals surface area (Å²) < 4.78 is 5.44. The number of likely N-dealkylation sites (N-methyl/N-ethyl adjacent to an activating group) is 1. The van der Waals surface area contributed by atoms with Gasteiger partial charge in [0.2, 0.25) is 0 Å². The van der Waals surface area contributed by atoms with Gasteiger partial charge in [0.15, 0.2) is 5.16 Å². The molecule has 21 heavy (non-hydrogen) atoms. The van der Waals surface area contributed by atoms with Gasteiger partial charge in [-0.05, 0) is 25.6 Å². The molecule has 0 fully saturated rings. The molecule has 0 aliphatic heterocycles. The molecule has 0 bridgehead atoms. The summed E-state index contributed by atoms with van der Waals surface area (Å²) in [6.45, 7) is 5.06. The first kappa shape index (κ1) is 15.7. The Morgan fingerprint density at radius 1 is 1.52 bits per heavy atom. The molecule has 7 heteroatoms. The largest absolute Gasteiger partial charge is 0.494 e. The number of imidazole rings is 1. The topological polar surface area (TPSA) is 87.2 Å². The average Bonchev–Trinajstić information content (AvgIpc) is 2.85. The van der Waals surface area contributed by atoms with Crippen molar-refractivity contribution >= 4 is 28.8 Å². The van der Waals surface area contributed by atoms with Crippen LogP contribution in [-0.4, -0.2) is 46.0 Å². The molecule has 1 atom stereocenters. The van der Waals surface area contributed by atoms with Crippen LogP contribution in [0.5, 0.6) is 5.75 Å². The molecular weight excluding hydrogens is 290 g/mol. The smallest absolute Gasteiger partial charge is 0.321 e. The van der Waals surface area contributed by atoms with Crippen molar-refractivity contribution in [3.8, 4) is 5.75 Å². The van der Waals surface area contributed by atoms with E-state index in [1.165, 1.54) is 11.8 Å². The standard InChI is InChI=1S/C14H19N3O3S/c1-3-15-12(13(18)19)8-21-14-16-10-6-5-9(20-4-2)7-11(10)17-14/h5-7,12,15H,3-4,8H2,1-2H3,(H,16,17)(H,18,19). The van der Waals surface area contributed by atoms with Gasteiger partial charge in [0.1, 0.15) is 11.8 Å². The Morgan fingerprint density at radius 3 is 3.00 bits per heavy atom. The summed E-state index contributed by atoms with van der Waals surface area (Å²) in [5.41, 5.74) is 1.73. The lowest BCUT2D eigenvalue weighted by molar-refractivity contribution is -0.138. The SMILES string of the molecule is CCNC(CSc1nc2ccc(OCC)cc2[nH]1)C(=O)O. The van der Waals surface area contributed by atoms with Gasteiger partial charge in [0.05, 0.1) is 17.6 Å². The number of carboxylic acid groups (broad SMARTS) is 1. The first-order chi connectivity index (χ1) is 10.1. The molecule has 2 rings (SSSR count). The first-order valence-electron chi connectivity index (χ1n) is 6.85. The number of aliphatic carboxylic acids is 1. The quantitative estimate of drug-likeness (QED) is 0.647. The maximum atomic E-state index is 11.1. The number of nitrogens with zero attached hydrogens (tertiary/aromatic N) is 1. The molecule has 0 amide bonds. The van der Waals surface area contributed by atoms with Crippen molar-refractivity contribution in [1.29, 1.82) is 0 Å². The van der Waals surface area contributed by atoms with Gasteiger partial charge in [0, 0.05) is 11.8 Å². The van der Waals surface area contributed by atoms with Crippen LogP contribution in [0.4, 0.5) is 0 Å². The van der Waals surface area contributed by atoms with E-state index in [4.69, 9.17) is 9.84 Å². The number of thioether (sulfide) groups is 1. The van der Waals surface area contributed by atoms with Gasteiger partial charge in [-0.15, -0.1) is 0 Å². The van der Waals surface area contributed by atoms with Crippen LogP contribution in [0, 0.1) is 0 Å². The molecule has 6 nitrogen and oxygen atoms in total. The number of ether oxygens (including phenoxy) is 1. The minimum atomic E-state index is -0.848. The second kappa shape index (κ2) is 7.33. The van der Waals surface area contributed by atoms with Gasteiger partial charge >= 0.3 is 5.97 Å². The third kappa shape index (κ3) is 4.12. The zero-order valence-electron chi connectivity index (χ0n) is 12.0. The van der Waals surface area contributed by atoms with E-state index in [2.05, 4.69) is 15.3 Å². The molecule has 0 aliphatic carbocycles. The summed E-state index contributed by atoms with van der Waals surface area (Å²) in [4.78, 5) is 18.7. The van der Waals surface area contributed by atoms with E-state index < -0.39 is 12.0 Å². The second-order valence-electron chi connectivity index (χ2n) is 4.41. The van der Waals surface area contributed by atoms with Crippen LogP contribution in [0.25, 0.3) is 11.0 Å². The number of aromatic nitrogens is 2. The van der Waals surface area contributed by atoms with Gasteiger partial charge in [-0.1, -0.05) is 18.7 Å². The maximum Gasteiger partial charge on any atom is 0.321 e. The summed E-state index contributed by atoms with van der Waals surface area (Å²) in [6.07, 6.45) is 0. The molecule has 2 aromatic rings. The number of H-pyrrole nitrogens is 1. The van der Waals surface area contributed by atoms with Crippen molar-refractivity contribution in [3.63, 3.8) is 0 Å². The third-order valence-corrected chi connectivity index (χ3v) is 3.84. The Bertz CT molecular complexity index is 615. The molecule has 1 heterocycles. The molecule has 0 saturated carbocycles. The van der Waals surface area contributed by atoms with E-state index in [9.17, 15) is 4.79 Å². The van der Waals surface area contributed by atoms with Crippen molar-refractivity contribution < 1.29 is 14.6 Å². The summed E-state index contributed by atoms with van der Waals surface area (Å²) in [6, 6.07) is 5.08. The van der Waals surface area contributed by atoms with E-state index in [1.54, 1.807) is 0 Å². The predicted molar refractivity (Wildman–Crippen MR) is 83.1 cm³/mol. The normalized spacial score (nSPS) is 12.5. The fourth-order valence-corrected chi connectivity index (χ4v) is 2.85. The summed E-state index contributed by atoms with van der Waals surface area (Å²) in [7, 11) is 0. The summed E-state index contributed by atoms with van der Waals surface area (Å²) in [5.74, 6) is 0.363. The van der Waals surface area contributed by atoms with Crippen molar-refractivity contribution in [1.82, 2.24) is 15.3 Å². The van der Waals surface area contributed by atoms with E-state index in [-0.39, 0.29) is 0 Å². The van der Waals surface area contributed by atoms with E-state index in [0.717, 1.165) is 16.8 Å². The zero-order chi connectivity index (χ0) is 15.2. The fraction of sp³-hybridized carbons (Fsp3) is 0.429. The van der Waals surface area contributed by atoms with Crippen LogP contribution in [0.15, 0.2) is 23.4 Å². The summed E-state index contributed by atoms with van der Waals surface area (Å²) in [5, 5.41) is 12.7. The highest BCUT2D eigenvalue weighted by Gasteiger charge is 2.17. The van der Waals surface area contributed by atoms with Gasteiger partial charge in [-0.2, -0.15) is 0 Å². The summed E-state index contributed by atoms with van der Waals surface area (Å²) >= 11 is 1.39. The van der Waals surface area contributed by atoms with Crippen molar-refractivity contribution in [2.24, 2.45) is 0 Å². The lowest BCUT2D eigenvalue weighted by atomic mass is 10.3. The Hall–Kier alpha value is -1.73. The van der Waals surface area contributed by atoms with Crippen LogP contribution in [0.1, 0.15) is 13.8 Å². The second-order valence-corrected chi connectivity index (χ2v) is 5.42. The van der Waals surface area contributed by atoms with Crippen LogP contribution in [-0.2, 0) is 4.79 Å². The van der Waals surface area contributed by atoms with E-state index >= 15 is 0 Å². The number of hydrogen-bond acceptors (Lipinski definition) is 5. The van der Waals surface area contributed by atoms with Gasteiger partial charge in [-0.25, -0.2) is 4.98 Å². The molecule has 0 radical (unpaired) electrons. The predicted octanol–water partition coefficient (Wildman–Crippen LogP) is 2.12. The zero-order valence-corrected chi connectivity index (χ0v) is 12.9. The number of benzene rings is 1. The number of carbonyl (C=O) groups is 1. The first-order valence-corrected chi connectivity index (χ1v) is 7.84. The molecule has 0 spiro atoms. The number of fused-ring (bicyclic) bond motifs is 1. The molecule has 3 N–H and O–H groups in total. The van der Waals surface area contributed by atoms with Crippen LogP contribution >= 0.6 is 11.8 Å².